The molecule has 1 aromatic carbocycles. The van der Waals surface area contributed by atoms with Crippen molar-refractivity contribution in [3.8, 4) is 0 Å². The molecule has 0 aliphatic carbocycles. The van der Waals surface area contributed by atoms with E-state index in [-0.39, 0.29) is 6.61 Å². The van der Waals surface area contributed by atoms with Gasteiger partial charge in [-0.05, 0) is 18.6 Å². The van der Waals surface area contributed by atoms with Crippen LogP contribution in [0.2, 0.25) is 5.02 Å². The monoisotopic (exact) mass is 456 g/mol. The minimum absolute atomic E-state index is 0.294. The van der Waals surface area contributed by atoms with Gasteiger partial charge in [-0.15, -0.1) is 0 Å². The predicted molar refractivity (Wildman–Crippen MR) is 107 cm³/mol. The van der Waals surface area contributed by atoms with E-state index in [0.29, 0.717) is 10.6 Å². The van der Waals surface area contributed by atoms with Crippen molar-refractivity contribution in [3.05, 3.63) is 34.3 Å². The molecule has 9 nitrogen and oxygen atoms in total. The molecule has 1 aromatic rings. The number of benzene rings is 1. The summed E-state index contributed by atoms with van der Waals surface area (Å²) in [5.41, 5.74) is 1.35. The van der Waals surface area contributed by atoms with Crippen LogP contribution in [-0.2, 0) is 42.9 Å². The third kappa shape index (κ3) is 6.67. The number of aryl methyl sites for hydroxylation is 1. The Morgan fingerprint density at radius 3 is 1.94 bits per heavy atom. The molecule has 1 heterocycles. The van der Waals surface area contributed by atoms with Crippen LogP contribution in [0.25, 0.3) is 0 Å². The summed E-state index contributed by atoms with van der Waals surface area (Å²) in [6, 6.07) is 5.18. The van der Waals surface area contributed by atoms with Gasteiger partial charge in [0.05, 0.1) is 0 Å². The molecule has 0 spiro atoms. The van der Waals surface area contributed by atoms with Gasteiger partial charge in [-0.2, -0.15) is 0 Å². The lowest BCUT2D eigenvalue weighted by atomic mass is 9.90. The second-order valence-corrected chi connectivity index (χ2v) is 7.55. The van der Waals surface area contributed by atoms with Crippen LogP contribution in [0.3, 0.4) is 0 Å². The van der Waals surface area contributed by atoms with Gasteiger partial charge >= 0.3 is 23.9 Å². The summed E-state index contributed by atoms with van der Waals surface area (Å²) < 4.78 is 27.3. The highest BCUT2D eigenvalue weighted by molar-refractivity contribution is 6.31. The van der Waals surface area contributed by atoms with E-state index >= 15 is 0 Å². The first-order chi connectivity index (χ1) is 14.5. The maximum atomic E-state index is 11.9. The Bertz CT molecular complexity index is 853. The van der Waals surface area contributed by atoms with Crippen molar-refractivity contribution >= 4 is 35.5 Å². The van der Waals surface area contributed by atoms with Crippen LogP contribution in [0.5, 0.6) is 0 Å². The minimum atomic E-state index is -1.23. The van der Waals surface area contributed by atoms with Crippen molar-refractivity contribution in [3.63, 3.8) is 0 Å². The van der Waals surface area contributed by atoms with E-state index < -0.39 is 54.4 Å². The van der Waals surface area contributed by atoms with Crippen LogP contribution in [0.1, 0.15) is 44.9 Å². The second-order valence-electron chi connectivity index (χ2n) is 7.14. The zero-order valence-electron chi connectivity index (χ0n) is 17.9. The molecular formula is C21H25ClO9. The number of hydrogen-bond acceptors (Lipinski definition) is 9. The normalized spacial score (nSPS) is 25.3. The van der Waals surface area contributed by atoms with E-state index in [4.69, 9.17) is 35.3 Å². The number of carbonyl (C=O) groups is 4. The Morgan fingerprint density at radius 2 is 1.42 bits per heavy atom. The Hall–Kier alpha value is -2.65. The highest BCUT2D eigenvalue weighted by Gasteiger charge is 2.52. The standard InChI is InChI=1S/C21H25ClO9/c1-10-6-7-15(16(22)8-10)18-20(29-13(4)25)21(30-14(5)26)19(28-12(3)24)17(31-18)9-27-11(2)23/h6-8,17-21H,9H2,1-5H3/t17-,18+,19+,20+,21+/m1/s1. The lowest BCUT2D eigenvalue weighted by Gasteiger charge is -2.44. The van der Waals surface area contributed by atoms with Gasteiger partial charge in [0.25, 0.3) is 0 Å². The Kier molecular flexibility index (Phi) is 8.41. The van der Waals surface area contributed by atoms with E-state index in [1.807, 2.05) is 6.92 Å². The highest BCUT2D eigenvalue weighted by Crippen LogP contribution is 2.40. The number of hydrogen-bond donors (Lipinski definition) is 0. The van der Waals surface area contributed by atoms with Crippen LogP contribution in [0.15, 0.2) is 18.2 Å². The quantitative estimate of drug-likeness (QED) is 0.470. The van der Waals surface area contributed by atoms with Crippen LogP contribution in [0.4, 0.5) is 0 Å². The molecule has 0 unspecified atom stereocenters. The highest BCUT2D eigenvalue weighted by atomic mass is 35.5. The zero-order chi connectivity index (χ0) is 23.3. The number of carbonyl (C=O) groups excluding carboxylic acids is 4. The lowest BCUT2D eigenvalue weighted by molar-refractivity contribution is -0.254. The van der Waals surface area contributed by atoms with Crippen LogP contribution in [0, 0.1) is 6.92 Å². The van der Waals surface area contributed by atoms with Gasteiger partial charge < -0.3 is 23.7 Å². The molecule has 1 aliphatic rings. The Balaban J connectivity index is 2.57. The number of rotatable bonds is 6. The Labute approximate surface area is 184 Å². The predicted octanol–water partition coefficient (Wildman–Crippen LogP) is 2.45. The molecular weight excluding hydrogens is 432 g/mol. The van der Waals surface area contributed by atoms with Gasteiger partial charge in [-0.3, -0.25) is 19.2 Å². The number of halogens is 1. The number of esters is 4. The summed E-state index contributed by atoms with van der Waals surface area (Å²) in [6.45, 7) is 6.28. The minimum Gasteiger partial charge on any atom is -0.463 e. The van der Waals surface area contributed by atoms with Crippen LogP contribution >= 0.6 is 11.6 Å². The van der Waals surface area contributed by atoms with E-state index in [1.165, 1.54) is 20.8 Å². The molecule has 0 radical (unpaired) electrons. The molecule has 31 heavy (non-hydrogen) atoms. The fourth-order valence-corrected chi connectivity index (χ4v) is 3.68. The smallest absolute Gasteiger partial charge is 0.303 e. The molecule has 0 N–H and O–H groups in total. The fourth-order valence-electron chi connectivity index (χ4n) is 3.34. The molecule has 0 aromatic heterocycles. The van der Waals surface area contributed by atoms with Crippen molar-refractivity contribution < 1.29 is 42.9 Å². The first-order valence-corrected chi connectivity index (χ1v) is 9.94. The fraction of sp³-hybridized carbons (Fsp3) is 0.524. The summed E-state index contributed by atoms with van der Waals surface area (Å²) in [4.78, 5) is 46.8. The van der Waals surface area contributed by atoms with Crippen molar-refractivity contribution in [1.82, 2.24) is 0 Å². The van der Waals surface area contributed by atoms with Crippen LogP contribution < -0.4 is 0 Å². The number of ether oxygens (including phenoxy) is 5. The lowest BCUT2D eigenvalue weighted by Crippen LogP contribution is -2.59. The molecule has 10 heteroatoms. The largest absolute Gasteiger partial charge is 0.463 e. The van der Waals surface area contributed by atoms with E-state index in [0.717, 1.165) is 12.5 Å². The molecule has 5 atom stereocenters. The van der Waals surface area contributed by atoms with E-state index in [2.05, 4.69) is 0 Å². The van der Waals surface area contributed by atoms with Gasteiger partial charge in [0.2, 0.25) is 0 Å². The molecule has 2 rings (SSSR count). The summed E-state index contributed by atoms with van der Waals surface area (Å²) >= 11 is 6.42. The third-order valence-corrected chi connectivity index (χ3v) is 4.78. The van der Waals surface area contributed by atoms with Crippen molar-refractivity contribution in [1.29, 1.82) is 0 Å². The summed E-state index contributed by atoms with van der Waals surface area (Å²) in [5, 5.41) is 0.334. The Morgan fingerprint density at radius 1 is 0.871 bits per heavy atom. The average molecular weight is 457 g/mol. The van der Waals surface area contributed by atoms with Gasteiger partial charge in [0, 0.05) is 38.3 Å². The van der Waals surface area contributed by atoms with Gasteiger partial charge in [0.1, 0.15) is 18.8 Å². The SMILES string of the molecule is CC(=O)OC[C@H]1O[C@@H](c2ccc(C)cc2Cl)[C@H](OC(C)=O)[C@@H](OC(C)=O)[C@H]1OC(C)=O. The first kappa shape index (κ1) is 24.6. The molecule has 170 valence electrons. The van der Waals surface area contributed by atoms with Gasteiger partial charge in [-0.1, -0.05) is 23.7 Å². The summed E-state index contributed by atoms with van der Waals surface area (Å²) in [7, 11) is 0. The van der Waals surface area contributed by atoms with Crippen LogP contribution in [-0.4, -0.2) is 54.9 Å². The van der Waals surface area contributed by atoms with Crippen molar-refractivity contribution in [2.75, 3.05) is 6.61 Å². The maximum Gasteiger partial charge on any atom is 0.303 e. The summed E-state index contributed by atoms with van der Waals surface area (Å²) in [5.74, 6) is -2.63. The first-order valence-electron chi connectivity index (χ1n) is 9.56. The van der Waals surface area contributed by atoms with E-state index in [9.17, 15) is 19.2 Å². The molecule has 0 amide bonds. The topological polar surface area (TPSA) is 114 Å². The average Bonchev–Trinajstić information content (AvgIpc) is 2.63. The second kappa shape index (κ2) is 10.6. The molecule has 0 bridgehead atoms. The summed E-state index contributed by atoms with van der Waals surface area (Å²) in [6.07, 6.45) is -5.63. The maximum absolute atomic E-state index is 11.9. The molecule has 1 aliphatic heterocycles. The van der Waals surface area contributed by atoms with E-state index in [1.54, 1.807) is 18.2 Å². The van der Waals surface area contributed by atoms with Gasteiger partial charge in [-0.25, -0.2) is 0 Å². The molecule has 0 saturated carbocycles. The molecule has 1 saturated heterocycles. The van der Waals surface area contributed by atoms with Gasteiger partial charge in [0.15, 0.2) is 18.3 Å². The zero-order valence-corrected chi connectivity index (χ0v) is 18.6. The third-order valence-electron chi connectivity index (χ3n) is 4.45. The molecule has 1 fully saturated rings. The van der Waals surface area contributed by atoms with Crippen molar-refractivity contribution in [2.45, 2.75) is 65.1 Å². The van der Waals surface area contributed by atoms with Crippen molar-refractivity contribution in [2.24, 2.45) is 0 Å².